The molecule has 138 valence electrons. The summed E-state index contributed by atoms with van der Waals surface area (Å²) in [5, 5.41) is 11.2. The van der Waals surface area contributed by atoms with E-state index in [2.05, 4.69) is 20.8 Å². The number of Topliss-reactive ketones (excluding diaryl/α,β-unsaturated/α-hetero) is 1. The molecule has 0 aromatic heterocycles. The van der Waals surface area contributed by atoms with E-state index >= 15 is 0 Å². The van der Waals surface area contributed by atoms with Gasteiger partial charge in [0.2, 0.25) is 0 Å². The van der Waals surface area contributed by atoms with Gasteiger partial charge in [-0.3, -0.25) is 9.59 Å². The van der Waals surface area contributed by atoms with Crippen LogP contribution in [0.4, 0.5) is 0 Å². The fourth-order valence-electron chi connectivity index (χ4n) is 7.58. The monoisotopic (exact) mass is 344 g/mol. The van der Waals surface area contributed by atoms with Gasteiger partial charge in [0.15, 0.2) is 11.6 Å². The van der Waals surface area contributed by atoms with Crippen molar-refractivity contribution >= 4 is 11.6 Å². The van der Waals surface area contributed by atoms with Crippen molar-refractivity contribution in [2.45, 2.75) is 78.2 Å². The van der Waals surface area contributed by atoms with Crippen molar-refractivity contribution in [1.29, 1.82) is 0 Å². The number of hydrogen-bond donors (Lipinski definition) is 1. The molecule has 25 heavy (non-hydrogen) atoms. The van der Waals surface area contributed by atoms with Crippen LogP contribution >= 0.6 is 0 Å². The highest BCUT2D eigenvalue weighted by Crippen LogP contribution is 2.68. The largest absolute Gasteiger partial charge is 0.382 e. The Morgan fingerprint density at radius 1 is 1.16 bits per heavy atom. The Bertz CT molecular complexity index is 664. The summed E-state index contributed by atoms with van der Waals surface area (Å²) in [5.74, 6) is 2.27. The smallest absolute Gasteiger partial charge is 0.161 e. The van der Waals surface area contributed by atoms with Gasteiger partial charge in [-0.2, -0.15) is 0 Å². The van der Waals surface area contributed by atoms with Gasteiger partial charge in [0.1, 0.15) is 5.60 Å². The summed E-state index contributed by atoms with van der Waals surface area (Å²) in [5.41, 5.74) is 0.107. The molecule has 4 rings (SSSR count). The maximum Gasteiger partial charge on any atom is 0.161 e. The molecule has 0 aromatic carbocycles. The maximum absolute atomic E-state index is 12.3. The molecule has 3 heteroatoms. The van der Waals surface area contributed by atoms with Crippen molar-refractivity contribution in [2.24, 2.45) is 34.5 Å². The molecule has 0 aromatic rings. The van der Waals surface area contributed by atoms with Gasteiger partial charge in [-0.25, -0.2) is 0 Å². The Morgan fingerprint density at radius 2 is 1.84 bits per heavy atom. The van der Waals surface area contributed by atoms with Crippen LogP contribution in [0.15, 0.2) is 11.6 Å². The normalized spacial score (nSPS) is 52.0. The zero-order chi connectivity index (χ0) is 18.2. The molecule has 0 heterocycles. The van der Waals surface area contributed by atoms with Gasteiger partial charge in [-0.15, -0.1) is 0 Å². The predicted molar refractivity (Wildman–Crippen MR) is 96.9 cm³/mol. The Balaban J connectivity index is 1.73. The van der Waals surface area contributed by atoms with Gasteiger partial charge >= 0.3 is 0 Å². The Hall–Kier alpha value is -0.960. The standard InChI is InChI=1S/C22H32O3/c1-13-11-16-17(20(3)8-5-15(24)12-19(13)20)6-9-21(4)18(16)7-10-22(21,25)14(2)23/h12-13,16-18,25H,5-11H2,1-4H3/t13-,16+,17+,18-,20-,21-,22-/m0/s1. The van der Waals surface area contributed by atoms with E-state index in [9.17, 15) is 14.7 Å². The lowest BCUT2D eigenvalue weighted by atomic mass is 9.45. The van der Waals surface area contributed by atoms with Crippen molar-refractivity contribution < 1.29 is 14.7 Å². The lowest BCUT2D eigenvalue weighted by Crippen LogP contribution is -2.57. The van der Waals surface area contributed by atoms with E-state index in [4.69, 9.17) is 0 Å². The number of allylic oxidation sites excluding steroid dienone is 1. The molecule has 0 aliphatic heterocycles. The summed E-state index contributed by atoms with van der Waals surface area (Å²) >= 11 is 0. The SMILES string of the molecule is CC(=O)[C@@]1(O)CC[C@H]2[C@@H]3C[C@H](C)C4=CC(=O)CC[C@@]4(C)[C@@H]3CC[C@@]21C. The number of fused-ring (bicyclic) bond motifs is 5. The molecule has 1 N–H and O–H groups in total. The number of carbonyl (C=O) groups is 2. The highest BCUT2D eigenvalue weighted by Gasteiger charge is 2.66. The molecule has 0 saturated heterocycles. The molecule has 0 radical (unpaired) electrons. The third-order valence-corrected chi connectivity index (χ3v) is 9.01. The molecule has 0 unspecified atom stereocenters. The van der Waals surface area contributed by atoms with Crippen LogP contribution in [0.1, 0.15) is 72.6 Å². The second-order valence-corrected chi connectivity index (χ2v) is 9.91. The second kappa shape index (κ2) is 5.28. The van der Waals surface area contributed by atoms with Crippen LogP contribution in [0, 0.1) is 34.5 Å². The first kappa shape index (κ1) is 17.5. The third kappa shape index (κ3) is 2.08. The fraction of sp³-hybridized carbons (Fsp3) is 0.818. The van der Waals surface area contributed by atoms with Crippen molar-refractivity contribution in [2.75, 3.05) is 0 Å². The van der Waals surface area contributed by atoms with Gasteiger partial charge in [-0.1, -0.05) is 26.3 Å². The Kier molecular flexibility index (Phi) is 3.69. The first-order valence-electron chi connectivity index (χ1n) is 10.1. The minimum atomic E-state index is -1.13. The second-order valence-electron chi connectivity index (χ2n) is 9.91. The molecule has 4 aliphatic rings. The average molecular weight is 344 g/mol. The van der Waals surface area contributed by atoms with E-state index in [1.54, 1.807) is 6.92 Å². The van der Waals surface area contributed by atoms with E-state index in [0.717, 1.165) is 32.1 Å². The third-order valence-electron chi connectivity index (χ3n) is 9.01. The number of rotatable bonds is 1. The van der Waals surface area contributed by atoms with Crippen LogP contribution < -0.4 is 0 Å². The number of carbonyl (C=O) groups excluding carboxylic acids is 2. The predicted octanol–water partition coefficient (Wildman–Crippen LogP) is 4.08. The maximum atomic E-state index is 12.3. The molecular formula is C22H32O3. The lowest BCUT2D eigenvalue weighted by molar-refractivity contribution is -0.161. The van der Waals surface area contributed by atoms with E-state index in [0.29, 0.717) is 42.3 Å². The van der Waals surface area contributed by atoms with Crippen molar-refractivity contribution in [1.82, 2.24) is 0 Å². The van der Waals surface area contributed by atoms with Crippen LogP contribution in [0.5, 0.6) is 0 Å². The Labute approximate surface area is 151 Å². The van der Waals surface area contributed by atoms with E-state index in [-0.39, 0.29) is 16.6 Å². The molecule has 7 atom stereocenters. The molecule has 0 spiro atoms. The van der Waals surface area contributed by atoms with Crippen LogP contribution in [0.3, 0.4) is 0 Å². The number of aliphatic hydroxyl groups is 1. The van der Waals surface area contributed by atoms with Crippen molar-refractivity contribution in [3.05, 3.63) is 11.6 Å². The first-order chi connectivity index (χ1) is 11.6. The van der Waals surface area contributed by atoms with Crippen LogP contribution in [-0.2, 0) is 9.59 Å². The van der Waals surface area contributed by atoms with Gasteiger partial charge in [0, 0.05) is 11.8 Å². The first-order valence-corrected chi connectivity index (χ1v) is 10.1. The number of hydrogen-bond acceptors (Lipinski definition) is 3. The quantitative estimate of drug-likeness (QED) is 0.779. The van der Waals surface area contributed by atoms with E-state index in [1.165, 1.54) is 5.57 Å². The number of ketones is 2. The summed E-state index contributed by atoms with van der Waals surface area (Å²) < 4.78 is 0. The van der Waals surface area contributed by atoms with Crippen molar-refractivity contribution in [3.8, 4) is 0 Å². The van der Waals surface area contributed by atoms with Gasteiger partial charge in [-0.05, 0) is 80.6 Å². The molecule has 3 saturated carbocycles. The van der Waals surface area contributed by atoms with Gasteiger partial charge in [0.25, 0.3) is 0 Å². The van der Waals surface area contributed by atoms with E-state index < -0.39 is 5.60 Å². The topological polar surface area (TPSA) is 54.4 Å². The average Bonchev–Trinajstić information content (AvgIpc) is 2.83. The summed E-state index contributed by atoms with van der Waals surface area (Å²) in [4.78, 5) is 24.3. The minimum Gasteiger partial charge on any atom is -0.382 e. The summed E-state index contributed by atoms with van der Waals surface area (Å²) in [6, 6.07) is 0. The highest BCUT2D eigenvalue weighted by atomic mass is 16.3. The van der Waals surface area contributed by atoms with Gasteiger partial charge in [0.05, 0.1) is 0 Å². The fourth-order valence-corrected chi connectivity index (χ4v) is 7.58. The van der Waals surface area contributed by atoms with Crippen LogP contribution in [0.25, 0.3) is 0 Å². The van der Waals surface area contributed by atoms with E-state index in [1.807, 2.05) is 6.08 Å². The lowest BCUT2D eigenvalue weighted by Gasteiger charge is -2.60. The molecule has 4 aliphatic carbocycles. The molecule has 0 amide bonds. The summed E-state index contributed by atoms with van der Waals surface area (Å²) in [7, 11) is 0. The molecular weight excluding hydrogens is 312 g/mol. The van der Waals surface area contributed by atoms with Crippen LogP contribution in [-0.4, -0.2) is 22.3 Å². The Morgan fingerprint density at radius 3 is 2.52 bits per heavy atom. The molecule has 3 nitrogen and oxygen atoms in total. The molecule has 0 bridgehead atoms. The summed E-state index contributed by atoms with van der Waals surface area (Å²) in [6.07, 6.45) is 8.31. The van der Waals surface area contributed by atoms with Crippen molar-refractivity contribution in [3.63, 3.8) is 0 Å². The summed E-state index contributed by atoms with van der Waals surface area (Å²) in [6.45, 7) is 8.40. The van der Waals surface area contributed by atoms with Crippen LogP contribution in [0.2, 0.25) is 0 Å². The zero-order valence-corrected chi connectivity index (χ0v) is 16.1. The van der Waals surface area contributed by atoms with Gasteiger partial charge < -0.3 is 5.11 Å². The minimum absolute atomic E-state index is 0.0464. The zero-order valence-electron chi connectivity index (χ0n) is 16.1. The highest BCUT2D eigenvalue weighted by molar-refractivity contribution is 5.91. The molecule has 3 fully saturated rings.